The van der Waals surface area contributed by atoms with E-state index in [1.54, 1.807) is 19.9 Å². The van der Waals surface area contributed by atoms with Crippen LogP contribution in [0.5, 0.6) is 5.75 Å². The summed E-state index contributed by atoms with van der Waals surface area (Å²) in [6, 6.07) is 13.8. The Morgan fingerprint density at radius 3 is 2.28 bits per heavy atom. The van der Waals surface area contributed by atoms with Crippen LogP contribution in [0.25, 0.3) is 0 Å². The van der Waals surface area contributed by atoms with Crippen molar-refractivity contribution in [3.8, 4) is 5.75 Å². The molecule has 0 atom stereocenters. The molecule has 1 heterocycles. The van der Waals surface area contributed by atoms with E-state index in [1.807, 2.05) is 35.2 Å². The van der Waals surface area contributed by atoms with Crippen molar-refractivity contribution < 1.29 is 18.1 Å². The molecule has 0 amide bonds. The minimum absolute atomic E-state index is 0.0478. The highest BCUT2D eigenvalue weighted by Crippen LogP contribution is 2.32. The van der Waals surface area contributed by atoms with Gasteiger partial charge in [0.15, 0.2) is 0 Å². The zero-order chi connectivity index (χ0) is 23.1. The highest BCUT2D eigenvalue weighted by atomic mass is 32.2. The Kier molecular flexibility index (Phi) is 8.05. The molecule has 1 aliphatic heterocycles. The van der Waals surface area contributed by atoms with Crippen molar-refractivity contribution >= 4 is 21.4 Å². The molecule has 0 radical (unpaired) electrons. The Balaban J connectivity index is 1.65. The fraction of sp³-hybridized carbons (Fsp3) is 0.455. The minimum atomic E-state index is -3.76. The second-order valence-electron chi connectivity index (χ2n) is 7.49. The quantitative estimate of drug-likeness (QED) is 0.396. The average Bonchev–Trinajstić information content (AvgIpc) is 2.80. The maximum atomic E-state index is 12.8. The van der Waals surface area contributed by atoms with Gasteiger partial charge in [-0.15, -0.1) is 0 Å². The molecule has 2 aromatic rings. The van der Waals surface area contributed by atoms with Gasteiger partial charge < -0.3 is 9.64 Å². The molecule has 1 fully saturated rings. The summed E-state index contributed by atoms with van der Waals surface area (Å²) in [6.07, 6.45) is 0. The highest BCUT2D eigenvalue weighted by Gasteiger charge is 2.28. The summed E-state index contributed by atoms with van der Waals surface area (Å²) >= 11 is 0. The number of piperazine rings is 1. The van der Waals surface area contributed by atoms with Gasteiger partial charge in [-0.05, 0) is 24.3 Å². The summed E-state index contributed by atoms with van der Waals surface area (Å²) in [6.45, 7) is 8.18. The summed E-state index contributed by atoms with van der Waals surface area (Å²) in [5, 5.41) is 11.7. The largest absolute Gasteiger partial charge is 0.492 e. The number of hydrogen-bond donors (Lipinski definition) is 0. The molecule has 9 nitrogen and oxygen atoms in total. The van der Waals surface area contributed by atoms with Crippen molar-refractivity contribution in [2.75, 3.05) is 57.3 Å². The van der Waals surface area contributed by atoms with Crippen LogP contribution in [0.3, 0.4) is 0 Å². The van der Waals surface area contributed by atoms with Crippen LogP contribution in [-0.2, 0) is 10.0 Å². The molecule has 10 heteroatoms. The molecular formula is C22H30N4O5S. The first kappa shape index (κ1) is 24.0. The van der Waals surface area contributed by atoms with E-state index >= 15 is 0 Å². The number of nitro benzene ring substituents is 1. The molecule has 3 rings (SSSR count). The van der Waals surface area contributed by atoms with E-state index in [-0.39, 0.29) is 10.6 Å². The second kappa shape index (κ2) is 10.8. The van der Waals surface area contributed by atoms with Gasteiger partial charge in [0.1, 0.15) is 18.0 Å². The Morgan fingerprint density at radius 2 is 1.69 bits per heavy atom. The summed E-state index contributed by atoms with van der Waals surface area (Å²) < 4.78 is 32.6. The second-order valence-corrected chi connectivity index (χ2v) is 9.43. The molecule has 0 N–H and O–H groups in total. The van der Waals surface area contributed by atoms with Crippen LogP contribution < -0.4 is 9.64 Å². The fourth-order valence-electron chi connectivity index (χ4n) is 3.81. The number of ether oxygens (including phenoxy) is 1. The smallest absolute Gasteiger partial charge is 0.293 e. The maximum Gasteiger partial charge on any atom is 0.293 e. The molecule has 0 bridgehead atoms. The number of hydrogen-bond acceptors (Lipinski definition) is 7. The molecule has 0 saturated carbocycles. The lowest BCUT2D eigenvalue weighted by Crippen LogP contribution is -2.47. The van der Waals surface area contributed by atoms with Gasteiger partial charge in [-0.25, -0.2) is 8.42 Å². The Labute approximate surface area is 189 Å². The average molecular weight is 463 g/mol. The van der Waals surface area contributed by atoms with Gasteiger partial charge in [0, 0.05) is 51.9 Å². The van der Waals surface area contributed by atoms with Crippen LogP contribution in [0.1, 0.15) is 13.8 Å². The number of rotatable bonds is 10. The Hall–Kier alpha value is -2.69. The summed E-state index contributed by atoms with van der Waals surface area (Å²) in [7, 11) is -3.76. The first-order valence-electron chi connectivity index (χ1n) is 10.8. The van der Waals surface area contributed by atoms with Crippen molar-refractivity contribution in [1.29, 1.82) is 0 Å². The normalized spacial score (nSPS) is 15.2. The number of para-hydroxylation sites is 1. The minimum Gasteiger partial charge on any atom is -0.492 e. The zero-order valence-corrected chi connectivity index (χ0v) is 19.3. The number of sulfonamides is 1. The molecule has 0 aromatic heterocycles. The SMILES string of the molecule is CCN(CC)S(=O)(=O)c1ccc(N2CCN(CCOc3ccccc3)CC2)c([N+](=O)[O-])c1. The Morgan fingerprint density at radius 1 is 1.03 bits per heavy atom. The van der Waals surface area contributed by atoms with E-state index in [0.29, 0.717) is 38.5 Å². The molecular weight excluding hydrogens is 432 g/mol. The van der Waals surface area contributed by atoms with Crippen LogP contribution in [0.2, 0.25) is 0 Å². The van der Waals surface area contributed by atoms with Crippen LogP contribution in [0.15, 0.2) is 53.4 Å². The van der Waals surface area contributed by atoms with Gasteiger partial charge in [0.2, 0.25) is 10.0 Å². The standard InChI is InChI=1S/C22H30N4O5S/c1-3-25(4-2)32(29,30)20-10-11-21(22(18-20)26(27)28)24-14-12-23(13-15-24)16-17-31-19-8-6-5-7-9-19/h5-11,18H,3-4,12-17H2,1-2H3. The molecule has 2 aromatic carbocycles. The van der Waals surface area contributed by atoms with Crippen LogP contribution in [-0.4, -0.2) is 75.0 Å². The Bertz CT molecular complexity index is 1000. The van der Waals surface area contributed by atoms with E-state index in [4.69, 9.17) is 4.74 Å². The number of benzene rings is 2. The molecule has 32 heavy (non-hydrogen) atoms. The maximum absolute atomic E-state index is 12.8. The summed E-state index contributed by atoms with van der Waals surface area (Å²) in [4.78, 5) is 15.4. The molecule has 1 aliphatic rings. The van der Waals surface area contributed by atoms with Crippen LogP contribution in [0.4, 0.5) is 11.4 Å². The van der Waals surface area contributed by atoms with Gasteiger partial charge in [-0.2, -0.15) is 4.31 Å². The third-order valence-electron chi connectivity index (χ3n) is 5.62. The van der Waals surface area contributed by atoms with Gasteiger partial charge in [-0.1, -0.05) is 32.0 Å². The number of nitrogens with zero attached hydrogens (tertiary/aromatic N) is 4. The van der Waals surface area contributed by atoms with Crippen molar-refractivity contribution in [3.63, 3.8) is 0 Å². The van der Waals surface area contributed by atoms with Gasteiger partial charge >= 0.3 is 0 Å². The van der Waals surface area contributed by atoms with E-state index in [9.17, 15) is 18.5 Å². The lowest BCUT2D eigenvalue weighted by molar-refractivity contribution is -0.384. The molecule has 0 unspecified atom stereocenters. The number of nitro groups is 1. The third kappa shape index (κ3) is 5.56. The third-order valence-corrected chi connectivity index (χ3v) is 7.67. The summed E-state index contributed by atoms with van der Waals surface area (Å²) in [5.74, 6) is 0.835. The van der Waals surface area contributed by atoms with Crippen molar-refractivity contribution in [3.05, 3.63) is 58.6 Å². The monoisotopic (exact) mass is 462 g/mol. The lowest BCUT2D eigenvalue weighted by atomic mass is 10.2. The van der Waals surface area contributed by atoms with Crippen LogP contribution in [0, 0.1) is 10.1 Å². The van der Waals surface area contributed by atoms with Crippen LogP contribution >= 0.6 is 0 Å². The van der Waals surface area contributed by atoms with Gasteiger partial charge in [-0.3, -0.25) is 15.0 Å². The highest BCUT2D eigenvalue weighted by molar-refractivity contribution is 7.89. The van der Waals surface area contributed by atoms with Crippen molar-refractivity contribution in [2.45, 2.75) is 18.7 Å². The van der Waals surface area contributed by atoms with Gasteiger partial charge in [0.25, 0.3) is 5.69 Å². The fourth-order valence-corrected chi connectivity index (χ4v) is 5.29. The van der Waals surface area contributed by atoms with Crippen molar-refractivity contribution in [1.82, 2.24) is 9.21 Å². The van der Waals surface area contributed by atoms with E-state index in [0.717, 1.165) is 25.4 Å². The van der Waals surface area contributed by atoms with Gasteiger partial charge in [0.05, 0.1) is 9.82 Å². The first-order valence-corrected chi connectivity index (χ1v) is 12.2. The van der Waals surface area contributed by atoms with E-state index in [1.165, 1.54) is 16.4 Å². The molecule has 0 aliphatic carbocycles. The zero-order valence-electron chi connectivity index (χ0n) is 18.5. The van der Waals surface area contributed by atoms with E-state index in [2.05, 4.69) is 4.90 Å². The first-order chi connectivity index (χ1) is 15.4. The van der Waals surface area contributed by atoms with E-state index < -0.39 is 14.9 Å². The lowest BCUT2D eigenvalue weighted by Gasteiger charge is -2.35. The predicted molar refractivity (Wildman–Crippen MR) is 124 cm³/mol. The van der Waals surface area contributed by atoms with Crippen molar-refractivity contribution in [2.24, 2.45) is 0 Å². The topological polar surface area (TPSA) is 96.2 Å². The molecule has 1 saturated heterocycles. The predicted octanol–water partition coefficient (Wildman–Crippen LogP) is 2.83. The summed E-state index contributed by atoms with van der Waals surface area (Å²) in [5.41, 5.74) is 0.271. The molecule has 0 spiro atoms. The molecule has 174 valence electrons. The number of anilines is 1.